The highest BCUT2D eigenvalue weighted by atomic mass is 15.1. The van der Waals surface area contributed by atoms with Crippen LogP contribution in [0.5, 0.6) is 0 Å². The number of fused-ring (bicyclic) bond motifs is 3. The summed E-state index contributed by atoms with van der Waals surface area (Å²) < 4.78 is 2.27. The lowest BCUT2D eigenvalue weighted by Crippen LogP contribution is -2.04. The third-order valence-corrected chi connectivity index (χ3v) is 10.7. The summed E-state index contributed by atoms with van der Waals surface area (Å²) in [4.78, 5) is 19.7. The molecule has 0 aliphatic rings. The Morgan fingerprint density at radius 2 is 0.847 bits per heavy atom. The predicted octanol–water partition coefficient (Wildman–Crippen LogP) is 12.1. The van der Waals surface area contributed by atoms with Crippen LogP contribution in [0.2, 0.25) is 0 Å². The summed E-state index contributed by atoms with van der Waals surface area (Å²) in [5.74, 6) is 1.66. The van der Waals surface area contributed by atoms with Gasteiger partial charge in [-0.1, -0.05) is 115 Å². The van der Waals surface area contributed by atoms with E-state index in [4.69, 9.17) is 15.0 Å². The Morgan fingerprint density at radius 1 is 0.373 bits per heavy atom. The standard InChI is InChI=1S/C52H31N7/c53-32-40-15-7-9-17-42(40)38-20-23-47-44(30-38)45-31-39(43-18-10-8-16-41(43)33-54)21-24-48(45)59(47)49-22-19-37(34-25-27-55-28-26-34)29-46(49)52-57-50(35-11-3-1-4-12-35)56-51(58-52)36-13-5-2-6-14-36/h1-31H. The number of rotatable bonds is 7. The van der Waals surface area contributed by atoms with Crippen LogP contribution in [0.1, 0.15) is 11.1 Å². The molecule has 10 aromatic rings. The summed E-state index contributed by atoms with van der Waals surface area (Å²) in [7, 11) is 0. The van der Waals surface area contributed by atoms with E-state index in [1.807, 2.05) is 121 Å². The maximum atomic E-state index is 10.1. The van der Waals surface area contributed by atoms with E-state index in [1.165, 1.54) is 0 Å². The molecule has 0 aliphatic heterocycles. The van der Waals surface area contributed by atoms with Crippen LogP contribution in [0.4, 0.5) is 0 Å². The monoisotopic (exact) mass is 753 g/mol. The van der Waals surface area contributed by atoms with Gasteiger partial charge in [-0.15, -0.1) is 0 Å². The highest BCUT2D eigenvalue weighted by Gasteiger charge is 2.22. The minimum absolute atomic E-state index is 0.526. The van der Waals surface area contributed by atoms with Crippen molar-refractivity contribution in [3.8, 4) is 85.4 Å². The molecule has 0 unspecified atom stereocenters. The summed E-state index contributed by atoms with van der Waals surface area (Å²) in [5, 5.41) is 22.1. The summed E-state index contributed by atoms with van der Waals surface area (Å²) in [6.45, 7) is 0. The van der Waals surface area contributed by atoms with Crippen molar-refractivity contribution >= 4 is 21.8 Å². The number of nitriles is 2. The molecule has 0 aliphatic carbocycles. The number of benzene rings is 7. The molecule has 0 N–H and O–H groups in total. The van der Waals surface area contributed by atoms with Crippen LogP contribution in [0.25, 0.3) is 95.0 Å². The lowest BCUT2D eigenvalue weighted by molar-refractivity contribution is 1.06. The van der Waals surface area contributed by atoms with Crippen molar-refractivity contribution in [3.05, 3.63) is 199 Å². The van der Waals surface area contributed by atoms with E-state index in [9.17, 15) is 10.5 Å². The van der Waals surface area contributed by atoms with Gasteiger partial charge in [-0.25, -0.2) is 15.0 Å². The molecule has 7 aromatic carbocycles. The van der Waals surface area contributed by atoms with Gasteiger partial charge in [0.15, 0.2) is 17.5 Å². The molecule has 3 aromatic heterocycles. The van der Waals surface area contributed by atoms with E-state index in [0.29, 0.717) is 28.6 Å². The molecule has 0 fully saturated rings. The molecular weight excluding hydrogens is 723 g/mol. The molecule has 0 saturated carbocycles. The predicted molar refractivity (Wildman–Crippen MR) is 234 cm³/mol. The fourth-order valence-corrected chi connectivity index (χ4v) is 7.85. The van der Waals surface area contributed by atoms with Crippen molar-refractivity contribution < 1.29 is 0 Å². The van der Waals surface area contributed by atoms with Gasteiger partial charge in [0.2, 0.25) is 0 Å². The first-order valence-corrected chi connectivity index (χ1v) is 19.2. The minimum atomic E-state index is 0.526. The second-order valence-corrected chi connectivity index (χ2v) is 14.1. The maximum Gasteiger partial charge on any atom is 0.166 e. The number of hydrogen-bond donors (Lipinski definition) is 0. The molecule has 7 nitrogen and oxygen atoms in total. The second kappa shape index (κ2) is 14.9. The van der Waals surface area contributed by atoms with E-state index in [2.05, 4.69) is 76.3 Å². The number of pyridine rings is 1. The van der Waals surface area contributed by atoms with Crippen molar-refractivity contribution in [2.45, 2.75) is 0 Å². The first-order valence-electron chi connectivity index (χ1n) is 19.2. The Balaban J connectivity index is 1.29. The molecule has 0 spiro atoms. The Kier molecular flexibility index (Phi) is 8.80. The number of aromatic nitrogens is 5. The zero-order valence-corrected chi connectivity index (χ0v) is 31.5. The van der Waals surface area contributed by atoms with Crippen LogP contribution in [0.3, 0.4) is 0 Å². The van der Waals surface area contributed by atoms with E-state index in [-0.39, 0.29) is 0 Å². The SMILES string of the molecule is N#Cc1ccccc1-c1ccc2c(c1)c1cc(-c3ccccc3C#N)ccc1n2-c1ccc(-c2ccncc2)cc1-c1nc(-c2ccccc2)nc(-c2ccccc2)n1. The van der Waals surface area contributed by atoms with Gasteiger partial charge < -0.3 is 4.57 Å². The summed E-state index contributed by atoms with van der Waals surface area (Å²) >= 11 is 0. The maximum absolute atomic E-state index is 10.1. The molecule has 0 radical (unpaired) electrons. The van der Waals surface area contributed by atoms with Crippen molar-refractivity contribution in [2.75, 3.05) is 0 Å². The number of nitrogens with zero attached hydrogens (tertiary/aromatic N) is 7. The van der Waals surface area contributed by atoms with Gasteiger partial charge in [0, 0.05) is 39.9 Å². The molecule has 0 amide bonds. The fraction of sp³-hybridized carbons (Fsp3) is 0. The average Bonchev–Trinajstić information content (AvgIpc) is 3.64. The first-order chi connectivity index (χ1) is 29.2. The van der Waals surface area contributed by atoms with Crippen molar-refractivity contribution in [2.24, 2.45) is 0 Å². The van der Waals surface area contributed by atoms with E-state index in [0.717, 1.165) is 77.6 Å². The van der Waals surface area contributed by atoms with Crippen LogP contribution >= 0.6 is 0 Å². The summed E-state index contributed by atoms with van der Waals surface area (Å²) in [5.41, 5.74) is 12.2. The molecule has 0 bridgehead atoms. The molecule has 274 valence electrons. The highest BCUT2D eigenvalue weighted by Crippen LogP contribution is 2.41. The Morgan fingerprint density at radius 3 is 1.37 bits per heavy atom. The van der Waals surface area contributed by atoms with Crippen molar-refractivity contribution in [3.63, 3.8) is 0 Å². The Hall–Kier alpha value is -8.52. The van der Waals surface area contributed by atoms with Crippen molar-refractivity contribution in [1.82, 2.24) is 24.5 Å². The Labute approximate surface area is 340 Å². The van der Waals surface area contributed by atoms with Crippen LogP contribution in [-0.4, -0.2) is 24.5 Å². The highest BCUT2D eigenvalue weighted by molar-refractivity contribution is 6.12. The van der Waals surface area contributed by atoms with Gasteiger partial charge in [0.1, 0.15) is 0 Å². The molecule has 59 heavy (non-hydrogen) atoms. The van der Waals surface area contributed by atoms with Gasteiger partial charge in [0.25, 0.3) is 0 Å². The van der Waals surface area contributed by atoms with E-state index in [1.54, 1.807) is 12.4 Å². The average molecular weight is 754 g/mol. The molecule has 3 heterocycles. The van der Waals surface area contributed by atoms with Gasteiger partial charge in [-0.05, 0) is 94.0 Å². The molecule has 0 saturated heterocycles. The molecule has 7 heteroatoms. The zero-order chi connectivity index (χ0) is 39.7. The third kappa shape index (κ3) is 6.36. The largest absolute Gasteiger partial charge is 0.308 e. The van der Waals surface area contributed by atoms with Crippen LogP contribution in [0.15, 0.2) is 188 Å². The van der Waals surface area contributed by atoms with Crippen LogP contribution < -0.4 is 0 Å². The summed E-state index contributed by atoms with van der Waals surface area (Å²) in [6, 6.07) is 63.2. The van der Waals surface area contributed by atoms with Gasteiger partial charge in [0.05, 0.1) is 40.0 Å². The third-order valence-electron chi connectivity index (χ3n) is 10.7. The lowest BCUT2D eigenvalue weighted by Gasteiger charge is -2.16. The normalized spacial score (nSPS) is 11.0. The molecule has 0 atom stereocenters. The Bertz CT molecular complexity index is 3110. The quantitative estimate of drug-likeness (QED) is 0.160. The summed E-state index contributed by atoms with van der Waals surface area (Å²) in [6.07, 6.45) is 3.59. The van der Waals surface area contributed by atoms with Gasteiger partial charge >= 0.3 is 0 Å². The zero-order valence-electron chi connectivity index (χ0n) is 31.5. The van der Waals surface area contributed by atoms with Gasteiger partial charge in [-0.2, -0.15) is 10.5 Å². The fourth-order valence-electron chi connectivity index (χ4n) is 7.85. The lowest BCUT2D eigenvalue weighted by atomic mass is 9.96. The smallest absolute Gasteiger partial charge is 0.166 e. The van der Waals surface area contributed by atoms with E-state index >= 15 is 0 Å². The second-order valence-electron chi connectivity index (χ2n) is 14.1. The molecular formula is C52H31N7. The molecule has 10 rings (SSSR count). The van der Waals surface area contributed by atoms with Crippen molar-refractivity contribution in [1.29, 1.82) is 10.5 Å². The first kappa shape index (κ1) is 34.9. The van der Waals surface area contributed by atoms with Crippen LogP contribution in [-0.2, 0) is 0 Å². The van der Waals surface area contributed by atoms with Crippen LogP contribution in [0, 0.1) is 22.7 Å². The van der Waals surface area contributed by atoms with E-state index < -0.39 is 0 Å². The number of hydrogen-bond acceptors (Lipinski definition) is 6. The topological polar surface area (TPSA) is 104 Å². The van der Waals surface area contributed by atoms with Gasteiger partial charge in [-0.3, -0.25) is 4.98 Å². The minimum Gasteiger partial charge on any atom is -0.308 e.